The molecule has 0 atom stereocenters. The summed E-state index contributed by atoms with van der Waals surface area (Å²) in [4.78, 5) is 0.00662. The van der Waals surface area contributed by atoms with E-state index in [9.17, 15) is 13.0 Å². The van der Waals surface area contributed by atoms with Crippen molar-refractivity contribution in [3.05, 3.63) is 42.0 Å². The summed E-state index contributed by atoms with van der Waals surface area (Å²) < 4.78 is 31.9. The summed E-state index contributed by atoms with van der Waals surface area (Å²) in [6.45, 7) is 2.04. The summed E-state index contributed by atoms with van der Waals surface area (Å²) in [5.74, 6) is 0. The fraction of sp³-hybridized carbons (Fsp3) is 0.231. The van der Waals surface area contributed by atoms with Crippen LogP contribution >= 0.6 is 0 Å². The van der Waals surface area contributed by atoms with Crippen LogP contribution in [0.25, 0.3) is 11.1 Å². The minimum absolute atomic E-state index is 0. The Morgan fingerprint density at radius 2 is 1.72 bits per heavy atom. The van der Waals surface area contributed by atoms with Crippen molar-refractivity contribution in [1.82, 2.24) is 0 Å². The third-order valence-corrected chi connectivity index (χ3v) is 3.65. The third-order valence-electron chi connectivity index (χ3n) is 2.75. The molecule has 18 heavy (non-hydrogen) atoms. The van der Waals surface area contributed by atoms with Gasteiger partial charge in [-0.15, -0.1) is 0 Å². The summed E-state index contributed by atoms with van der Waals surface area (Å²) in [5, 5.41) is 0. The maximum absolute atomic E-state index is 11.3. The second-order valence-electron chi connectivity index (χ2n) is 4.00. The maximum atomic E-state index is 11.3. The van der Waals surface area contributed by atoms with Crippen LogP contribution in [-0.4, -0.2) is 42.5 Å². The molecule has 0 bridgehead atoms. The van der Waals surface area contributed by atoms with Crippen LogP contribution in [0.5, 0.6) is 0 Å². The summed E-state index contributed by atoms with van der Waals surface area (Å²) in [7, 11) is -4.16. The first-order valence-corrected chi connectivity index (χ1v) is 6.96. The van der Waals surface area contributed by atoms with E-state index in [2.05, 4.69) is 0 Å². The van der Waals surface area contributed by atoms with E-state index in [1.165, 1.54) is 0 Å². The molecule has 0 fully saturated rings. The molecule has 0 saturated heterocycles. The van der Waals surface area contributed by atoms with Gasteiger partial charge >= 0.3 is 29.6 Å². The average Bonchev–Trinajstić information content (AvgIpc) is 2.46. The topological polar surface area (TPSA) is 54.4 Å². The van der Waals surface area contributed by atoms with Crippen molar-refractivity contribution in [2.75, 3.05) is 0 Å². The van der Waals surface area contributed by atoms with E-state index in [0.717, 1.165) is 24.0 Å². The molecule has 0 radical (unpaired) electrons. The molecular formula is C13H15NaO3S. The van der Waals surface area contributed by atoms with Crippen molar-refractivity contribution in [3.63, 3.8) is 0 Å². The van der Waals surface area contributed by atoms with E-state index in [4.69, 9.17) is 0 Å². The monoisotopic (exact) mass is 274 g/mol. The summed E-state index contributed by atoms with van der Waals surface area (Å²) >= 11 is 0. The van der Waals surface area contributed by atoms with Gasteiger partial charge < -0.3 is 0 Å². The molecule has 0 aromatic rings. The van der Waals surface area contributed by atoms with Crippen molar-refractivity contribution >= 4 is 39.7 Å². The molecule has 0 heterocycles. The first kappa shape index (κ1) is 15.7. The van der Waals surface area contributed by atoms with Crippen molar-refractivity contribution in [2.24, 2.45) is 0 Å². The third kappa shape index (κ3) is 3.13. The van der Waals surface area contributed by atoms with E-state index in [1.54, 1.807) is 18.2 Å². The molecule has 0 aromatic heterocycles. The van der Waals surface area contributed by atoms with Gasteiger partial charge in [-0.3, -0.25) is 4.55 Å². The second kappa shape index (κ2) is 6.17. The van der Waals surface area contributed by atoms with Crippen molar-refractivity contribution in [3.8, 4) is 11.1 Å². The molecule has 0 aliphatic heterocycles. The van der Waals surface area contributed by atoms with E-state index in [0.29, 0.717) is 5.56 Å². The van der Waals surface area contributed by atoms with Crippen molar-refractivity contribution < 1.29 is 13.0 Å². The van der Waals surface area contributed by atoms with Gasteiger partial charge in [-0.2, -0.15) is 8.42 Å². The average molecular weight is 274 g/mol. The van der Waals surface area contributed by atoms with Gasteiger partial charge in [-0.1, -0.05) is 43.7 Å². The van der Waals surface area contributed by atoms with Gasteiger partial charge in [0.1, 0.15) is 4.90 Å². The van der Waals surface area contributed by atoms with Gasteiger partial charge in [-0.25, -0.2) is 0 Å². The van der Waals surface area contributed by atoms with Gasteiger partial charge in [0.05, 0.1) is 0 Å². The minimum atomic E-state index is -4.16. The number of aryl methyl sites for hydroxylation is 1. The summed E-state index contributed by atoms with van der Waals surface area (Å²) in [6, 6.07) is 10.7. The predicted molar refractivity (Wildman–Crippen MR) is 74.0 cm³/mol. The van der Waals surface area contributed by atoms with Crippen LogP contribution in [0, 0.1) is 0 Å². The molecule has 0 amide bonds. The van der Waals surface area contributed by atoms with E-state index < -0.39 is 10.1 Å². The van der Waals surface area contributed by atoms with Crippen LogP contribution in [-0.2, 0) is 16.5 Å². The van der Waals surface area contributed by atoms with Crippen LogP contribution in [0.4, 0.5) is 0 Å². The SMILES string of the molecule is CCCc1cc(S(=O)(=O)O)c2cccccc1-2.[NaH]. The Labute approximate surface area is 130 Å². The fourth-order valence-electron chi connectivity index (χ4n) is 2.05. The normalized spacial score (nSPS) is 11.2. The number of fused-ring (bicyclic) bond motifs is 1. The Kier molecular flexibility index (Phi) is 5.37. The Morgan fingerprint density at radius 1 is 1.11 bits per heavy atom. The van der Waals surface area contributed by atoms with Gasteiger partial charge in [0.15, 0.2) is 0 Å². The van der Waals surface area contributed by atoms with Crippen LogP contribution in [0.15, 0.2) is 41.3 Å². The van der Waals surface area contributed by atoms with Gasteiger partial charge in [0.2, 0.25) is 0 Å². The molecule has 0 unspecified atom stereocenters. The molecule has 3 nitrogen and oxygen atoms in total. The quantitative estimate of drug-likeness (QED) is 0.690. The first-order valence-electron chi connectivity index (χ1n) is 5.52. The standard InChI is InChI=1S/C13H14O3S.Na.H/c1-2-6-10-9-13(17(14,15)16)12-8-5-3-4-7-11(10)12;;/h3-5,7-9H,2,6H2,1H3,(H,14,15,16);;. The molecule has 2 aliphatic carbocycles. The number of rotatable bonds is 3. The van der Waals surface area contributed by atoms with Crippen molar-refractivity contribution in [1.29, 1.82) is 0 Å². The zero-order chi connectivity index (χ0) is 12.5. The van der Waals surface area contributed by atoms with Crippen LogP contribution in [0.1, 0.15) is 18.9 Å². The summed E-state index contributed by atoms with van der Waals surface area (Å²) in [5.41, 5.74) is 2.44. The molecule has 2 aliphatic rings. The molecule has 1 N–H and O–H groups in total. The number of hydrogen-bond acceptors (Lipinski definition) is 2. The Bertz CT molecular complexity index is 608. The van der Waals surface area contributed by atoms with E-state index >= 15 is 0 Å². The van der Waals surface area contributed by atoms with Crippen LogP contribution in [0.2, 0.25) is 0 Å². The predicted octanol–water partition coefficient (Wildman–Crippen LogP) is 2.34. The Hall–Kier alpha value is -0.390. The van der Waals surface area contributed by atoms with Gasteiger partial charge in [-0.05, 0) is 23.6 Å². The zero-order valence-electron chi connectivity index (χ0n) is 9.55. The number of hydrogen-bond donors (Lipinski definition) is 1. The molecule has 0 spiro atoms. The molecular weight excluding hydrogens is 259 g/mol. The van der Waals surface area contributed by atoms with E-state index in [1.807, 2.05) is 25.1 Å². The molecule has 0 saturated carbocycles. The van der Waals surface area contributed by atoms with Crippen LogP contribution < -0.4 is 0 Å². The molecule has 5 heteroatoms. The van der Waals surface area contributed by atoms with Crippen molar-refractivity contribution in [2.45, 2.75) is 24.7 Å². The fourth-order valence-corrected chi connectivity index (χ4v) is 2.79. The Balaban J connectivity index is 0.00000162. The molecule has 92 valence electrons. The van der Waals surface area contributed by atoms with Crippen LogP contribution in [0.3, 0.4) is 0 Å². The van der Waals surface area contributed by atoms with Gasteiger partial charge in [0.25, 0.3) is 10.1 Å². The molecule has 2 rings (SSSR count). The molecule has 0 aromatic carbocycles. The Morgan fingerprint density at radius 3 is 2.28 bits per heavy atom. The zero-order valence-corrected chi connectivity index (χ0v) is 10.4. The second-order valence-corrected chi connectivity index (χ2v) is 5.39. The first-order chi connectivity index (χ1) is 8.04. The van der Waals surface area contributed by atoms with Gasteiger partial charge in [0, 0.05) is 5.56 Å². The van der Waals surface area contributed by atoms with E-state index in [-0.39, 0.29) is 34.5 Å². The summed E-state index contributed by atoms with van der Waals surface area (Å²) in [6.07, 6.45) is 1.73.